The number of pyridine rings is 1. The van der Waals surface area contributed by atoms with E-state index in [2.05, 4.69) is 4.98 Å². The molecule has 1 aromatic carbocycles. The average molecular weight is 302 g/mol. The van der Waals surface area contributed by atoms with Crippen LogP contribution in [0.25, 0.3) is 0 Å². The molecule has 0 radical (unpaired) electrons. The molecule has 1 heterocycles. The van der Waals surface area contributed by atoms with Crippen molar-refractivity contribution in [1.29, 1.82) is 5.26 Å². The summed E-state index contributed by atoms with van der Waals surface area (Å²) in [7, 11) is 0. The Morgan fingerprint density at radius 2 is 2.24 bits per heavy atom. The van der Waals surface area contributed by atoms with Crippen molar-refractivity contribution < 1.29 is 9.53 Å². The minimum Gasteiger partial charge on any atom is -0.486 e. The molecule has 0 saturated heterocycles. The summed E-state index contributed by atoms with van der Waals surface area (Å²) in [5, 5.41) is 9.24. The van der Waals surface area contributed by atoms with Gasteiger partial charge in [-0.25, -0.2) is 0 Å². The van der Waals surface area contributed by atoms with E-state index in [1.807, 2.05) is 24.3 Å². The molecule has 21 heavy (non-hydrogen) atoms. The van der Waals surface area contributed by atoms with Crippen LogP contribution in [0.2, 0.25) is 5.02 Å². The highest BCUT2D eigenvalue weighted by atomic mass is 35.5. The maximum Gasteiger partial charge on any atom is 0.239 e. The molecule has 2 N–H and O–H groups in total. The fourth-order valence-electron chi connectivity index (χ4n) is 1.75. The number of carbonyl (C=O) groups excluding carboxylic acids is 1. The lowest BCUT2D eigenvalue weighted by Gasteiger charge is -2.10. The van der Waals surface area contributed by atoms with Gasteiger partial charge in [0, 0.05) is 6.20 Å². The smallest absolute Gasteiger partial charge is 0.239 e. The molecule has 2 rings (SSSR count). The Hall–Kier alpha value is -2.58. The lowest BCUT2D eigenvalue weighted by molar-refractivity contribution is -0.118. The first-order valence-electron chi connectivity index (χ1n) is 6.13. The van der Waals surface area contributed by atoms with Gasteiger partial charge in [0.05, 0.1) is 16.8 Å². The summed E-state index contributed by atoms with van der Waals surface area (Å²) < 4.78 is 5.56. The average Bonchev–Trinajstić information content (AvgIpc) is 2.48. The molecule has 0 aliphatic heterocycles. The van der Waals surface area contributed by atoms with E-state index in [4.69, 9.17) is 27.3 Å². The standard InChI is InChI=1S/C15H12ClN3O2/c16-13-7-10(12(8-17)15(18)20)4-5-14(13)21-9-11-3-1-2-6-19-11/h1-7,12H,9H2,(H2,18,20). The molecule has 5 nitrogen and oxygen atoms in total. The molecule has 0 spiro atoms. The summed E-state index contributed by atoms with van der Waals surface area (Å²) in [6, 6.07) is 12.1. The second kappa shape index (κ2) is 6.73. The van der Waals surface area contributed by atoms with Crippen LogP contribution in [0, 0.1) is 11.3 Å². The quantitative estimate of drug-likeness (QED) is 0.918. The molecular weight excluding hydrogens is 290 g/mol. The van der Waals surface area contributed by atoms with E-state index < -0.39 is 11.8 Å². The first-order valence-corrected chi connectivity index (χ1v) is 6.50. The number of amides is 1. The number of benzene rings is 1. The molecule has 0 aliphatic rings. The van der Waals surface area contributed by atoms with Gasteiger partial charge in [0.15, 0.2) is 0 Å². The van der Waals surface area contributed by atoms with E-state index in [-0.39, 0.29) is 6.61 Å². The molecule has 1 amide bonds. The maximum absolute atomic E-state index is 11.2. The number of nitrogens with zero attached hydrogens (tertiary/aromatic N) is 2. The Kier molecular flexibility index (Phi) is 4.75. The largest absolute Gasteiger partial charge is 0.486 e. The van der Waals surface area contributed by atoms with Gasteiger partial charge in [-0.2, -0.15) is 5.26 Å². The van der Waals surface area contributed by atoms with Crippen molar-refractivity contribution >= 4 is 17.5 Å². The van der Waals surface area contributed by atoms with Gasteiger partial charge in [0.25, 0.3) is 0 Å². The zero-order valence-corrected chi connectivity index (χ0v) is 11.7. The van der Waals surface area contributed by atoms with Crippen molar-refractivity contribution in [2.75, 3.05) is 0 Å². The van der Waals surface area contributed by atoms with Crippen LogP contribution in [-0.2, 0) is 11.4 Å². The van der Waals surface area contributed by atoms with Gasteiger partial charge in [-0.15, -0.1) is 0 Å². The SMILES string of the molecule is N#CC(C(N)=O)c1ccc(OCc2ccccn2)c(Cl)c1. The van der Waals surface area contributed by atoms with E-state index in [1.54, 1.807) is 18.3 Å². The highest BCUT2D eigenvalue weighted by molar-refractivity contribution is 6.32. The number of halogens is 1. The van der Waals surface area contributed by atoms with Crippen molar-refractivity contribution in [3.05, 3.63) is 58.9 Å². The number of rotatable bonds is 5. The second-order valence-corrected chi connectivity index (χ2v) is 4.67. The molecule has 6 heteroatoms. The van der Waals surface area contributed by atoms with Crippen LogP contribution in [0.3, 0.4) is 0 Å². The predicted octanol–water partition coefficient (Wildman–Crippen LogP) is 2.41. The van der Waals surface area contributed by atoms with Crippen LogP contribution in [0.4, 0.5) is 0 Å². The first kappa shape index (κ1) is 14.8. The molecule has 106 valence electrons. The number of aromatic nitrogens is 1. The van der Waals surface area contributed by atoms with Gasteiger partial charge < -0.3 is 10.5 Å². The van der Waals surface area contributed by atoms with Crippen LogP contribution in [0.15, 0.2) is 42.6 Å². The van der Waals surface area contributed by atoms with Gasteiger partial charge in [0.2, 0.25) is 5.91 Å². The van der Waals surface area contributed by atoms with Crippen molar-refractivity contribution in [2.24, 2.45) is 5.73 Å². The Morgan fingerprint density at radius 3 is 2.81 bits per heavy atom. The third kappa shape index (κ3) is 3.71. The van der Waals surface area contributed by atoms with Gasteiger partial charge in [-0.1, -0.05) is 23.7 Å². The summed E-state index contributed by atoms with van der Waals surface area (Å²) in [6.45, 7) is 0.275. The van der Waals surface area contributed by atoms with Crippen molar-refractivity contribution in [3.8, 4) is 11.8 Å². The van der Waals surface area contributed by atoms with Crippen LogP contribution >= 0.6 is 11.6 Å². The molecular formula is C15H12ClN3O2. The summed E-state index contributed by atoms with van der Waals surface area (Å²) in [4.78, 5) is 15.3. The number of nitriles is 1. The Labute approximate surface area is 126 Å². The predicted molar refractivity (Wildman–Crippen MR) is 77.6 cm³/mol. The minimum absolute atomic E-state index is 0.275. The number of ether oxygens (including phenoxy) is 1. The minimum atomic E-state index is -1.02. The summed E-state index contributed by atoms with van der Waals surface area (Å²) in [5.41, 5.74) is 6.37. The third-order valence-corrected chi connectivity index (χ3v) is 3.10. The van der Waals surface area contributed by atoms with Crippen molar-refractivity contribution in [3.63, 3.8) is 0 Å². The fourth-order valence-corrected chi connectivity index (χ4v) is 1.99. The van der Waals surface area contributed by atoms with E-state index in [0.717, 1.165) is 5.69 Å². The molecule has 0 bridgehead atoms. The molecule has 0 saturated carbocycles. The number of hydrogen-bond acceptors (Lipinski definition) is 4. The molecule has 1 unspecified atom stereocenters. The first-order chi connectivity index (χ1) is 10.1. The Balaban J connectivity index is 2.13. The zero-order valence-electron chi connectivity index (χ0n) is 11.0. The fraction of sp³-hybridized carbons (Fsp3) is 0.133. The van der Waals surface area contributed by atoms with E-state index in [1.165, 1.54) is 6.07 Å². The van der Waals surface area contributed by atoms with Crippen molar-refractivity contribution in [2.45, 2.75) is 12.5 Å². The topological polar surface area (TPSA) is 89.0 Å². The lowest BCUT2D eigenvalue weighted by Crippen LogP contribution is -2.19. The lowest BCUT2D eigenvalue weighted by atomic mass is 10.0. The van der Waals surface area contributed by atoms with Crippen LogP contribution in [0.1, 0.15) is 17.2 Å². The Morgan fingerprint density at radius 1 is 1.43 bits per heavy atom. The maximum atomic E-state index is 11.2. The molecule has 1 atom stereocenters. The van der Waals surface area contributed by atoms with Gasteiger partial charge in [-0.3, -0.25) is 9.78 Å². The molecule has 2 aromatic rings. The number of carbonyl (C=O) groups is 1. The van der Waals surface area contributed by atoms with E-state index in [0.29, 0.717) is 16.3 Å². The van der Waals surface area contributed by atoms with Crippen LogP contribution in [0.5, 0.6) is 5.75 Å². The monoisotopic (exact) mass is 301 g/mol. The third-order valence-electron chi connectivity index (χ3n) is 2.80. The zero-order chi connectivity index (χ0) is 15.2. The van der Waals surface area contributed by atoms with E-state index >= 15 is 0 Å². The van der Waals surface area contributed by atoms with Crippen LogP contribution in [-0.4, -0.2) is 10.9 Å². The summed E-state index contributed by atoms with van der Waals surface area (Å²) in [6.07, 6.45) is 1.67. The van der Waals surface area contributed by atoms with E-state index in [9.17, 15) is 4.79 Å². The summed E-state index contributed by atoms with van der Waals surface area (Å²) in [5.74, 6) is -1.28. The normalized spacial score (nSPS) is 11.4. The number of hydrogen-bond donors (Lipinski definition) is 1. The Bertz CT molecular complexity index is 683. The molecule has 1 aromatic heterocycles. The highest BCUT2D eigenvalue weighted by Gasteiger charge is 2.18. The summed E-state index contributed by atoms with van der Waals surface area (Å²) >= 11 is 6.09. The molecule has 0 aliphatic carbocycles. The second-order valence-electron chi connectivity index (χ2n) is 4.26. The van der Waals surface area contributed by atoms with Gasteiger partial charge >= 0.3 is 0 Å². The highest BCUT2D eigenvalue weighted by Crippen LogP contribution is 2.29. The van der Waals surface area contributed by atoms with Gasteiger partial charge in [-0.05, 0) is 29.8 Å². The van der Waals surface area contributed by atoms with Gasteiger partial charge in [0.1, 0.15) is 18.3 Å². The van der Waals surface area contributed by atoms with Crippen molar-refractivity contribution in [1.82, 2.24) is 4.98 Å². The molecule has 0 fully saturated rings. The number of primary amides is 1. The number of nitrogens with two attached hydrogens (primary N) is 1. The van der Waals surface area contributed by atoms with Crippen LogP contribution < -0.4 is 10.5 Å².